The lowest BCUT2D eigenvalue weighted by Crippen LogP contribution is -2.29. The molecule has 2 nitrogen and oxygen atoms in total. The molecule has 0 aliphatic carbocycles. The molecule has 1 atom stereocenters. The summed E-state index contributed by atoms with van der Waals surface area (Å²) in [6.45, 7) is 2.03. The van der Waals surface area contributed by atoms with Crippen molar-refractivity contribution in [2.45, 2.75) is 18.8 Å². The van der Waals surface area contributed by atoms with Crippen molar-refractivity contribution in [1.82, 2.24) is 4.90 Å². The van der Waals surface area contributed by atoms with Crippen molar-refractivity contribution in [2.24, 2.45) is 0 Å². The van der Waals surface area contributed by atoms with Crippen molar-refractivity contribution in [3.8, 4) is 0 Å². The third kappa shape index (κ3) is 3.20. The Balaban J connectivity index is 2.15. The molecule has 0 saturated heterocycles. The predicted octanol–water partition coefficient (Wildman–Crippen LogP) is 4.26. The van der Waals surface area contributed by atoms with Gasteiger partial charge < -0.3 is 4.90 Å². The molecule has 2 rings (SSSR count). The normalized spacial score (nSPS) is 11.9. The van der Waals surface area contributed by atoms with Crippen LogP contribution in [0.1, 0.15) is 34.5 Å². The highest BCUT2D eigenvalue weighted by Gasteiger charge is 2.18. The van der Waals surface area contributed by atoms with Crippen LogP contribution in [0.4, 0.5) is 0 Å². The fraction of sp³-hybridized carbons (Fsp3) is 0.235. The number of carbonyl (C=O) groups is 1. The second kappa shape index (κ2) is 6.58. The van der Waals surface area contributed by atoms with E-state index in [-0.39, 0.29) is 11.9 Å². The van der Waals surface area contributed by atoms with Gasteiger partial charge in [-0.1, -0.05) is 42.5 Å². The molecule has 3 heteroatoms. The molecular formula is C17H18ClNO. The number of nitrogens with zero attached hydrogens (tertiary/aromatic N) is 1. The maximum atomic E-state index is 12.5. The first-order chi connectivity index (χ1) is 9.63. The predicted molar refractivity (Wildman–Crippen MR) is 82.9 cm³/mol. The maximum absolute atomic E-state index is 12.5. The Morgan fingerprint density at radius 1 is 1.10 bits per heavy atom. The first-order valence-corrected chi connectivity index (χ1v) is 7.14. The average Bonchev–Trinajstić information content (AvgIpc) is 2.53. The monoisotopic (exact) mass is 287 g/mol. The third-order valence-corrected chi connectivity index (χ3v) is 3.85. The van der Waals surface area contributed by atoms with Crippen molar-refractivity contribution in [1.29, 1.82) is 0 Å². The number of halogens is 1. The molecule has 0 radical (unpaired) electrons. The second-order valence-electron chi connectivity index (χ2n) is 4.83. The van der Waals surface area contributed by atoms with Crippen molar-refractivity contribution in [3.05, 3.63) is 71.3 Å². The Morgan fingerprint density at radius 3 is 2.25 bits per heavy atom. The molecule has 2 aromatic rings. The number of benzene rings is 2. The molecule has 20 heavy (non-hydrogen) atoms. The van der Waals surface area contributed by atoms with E-state index in [0.29, 0.717) is 11.4 Å². The van der Waals surface area contributed by atoms with Gasteiger partial charge in [0.25, 0.3) is 5.91 Å². The van der Waals surface area contributed by atoms with E-state index in [4.69, 9.17) is 11.6 Å². The number of rotatable bonds is 4. The van der Waals surface area contributed by atoms with Gasteiger partial charge in [0.1, 0.15) is 0 Å². The molecule has 0 aliphatic rings. The molecule has 0 heterocycles. The van der Waals surface area contributed by atoms with Gasteiger partial charge in [0.15, 0.2) is 0 Å². The van der Waals surface area contributed by atoms with Crippen molar-refractivity contribution < 1.29 is 4.79 Å². The van der Waals surface area contributed by atoms with Gasteiger partial charge in [-0.2, -0.15) is 0 Å². The molecule has 1 amide bonds. The fourth-order valence-electron chi connectivity index (χ4n) is 2.07. The van der Waals surface area contributed by atoms with E-state index in [9.17, 15) is 4.79 Å². The zero-order valence-electron chi connectivity index (χ0n) is 11.7. The fourth-order valence-corrected chi connectivity index (χ4v) is 2.25. The molecular weight excluding hydrogens is 270 g/mol. The molecule has 0 N–H and O–H groups in total. The Kier molecular flexibility index (Phi) is 4.80. The van der Waals surface area contributed by atoms with E-state index in [2.05, 4.69) is 0 Å². The molecule has 0 aliphatic heterocycles. The molecule has 2 aromatic carbocycles. The lowest BCUT2D eigenvalue weighted by Gasteiger charge is -2.25. The summed E-state index contributed by atoms with van der Waals surface area (Å²) in [7, 11) is 1.83. The molecule has 0 bridgehead atoms. The van der Waals surface area contributed by atoms with E-state index >= 15 is 0 Å². The Bertz CT molecular complexity index is 565. The van der Waals surface area contributed by atoms with Crippen molar-refractivity contribution >= 4 is 17.5 Å². The van der Waals surface area contributed by atoms with Crippen LogP contribution >= 0.6 is 11.6 Å². The van der Waals surface area contributed by atoms with Gasteiger partial charge in [-0.25, -0.2) is 0 Å². The number of amides is 1. The minimum absolute atomic E-state index is 0.0162. The summed E-state index contributed by atoms with van der Waals surface area (Å²) in [4.78, 5) is 14.2. The highest BCUT2D eigenvalue weighted by atomic mass is 35.5. The Morgan fingerprint density at radius 2 is 1.70 bits per heavy atom. The van der Waals surface area contributed by atoms with E-state index in [0.717, 1.165) is 11.1 Å². The molecule has 0 saturated carbocycles. The van der Waals surface area contributed by atoms with E-state index in [1.54, 1.807) is 4.90 Å². The van der Waals surface area contributed by atoms with Crippen LogP contribution in [-0.4, -0.2) is 17.9 Å². The SMILES string of the molecule is CC(c1ccccc1)N(C)C(=O)c1ccc(CCl)cc1. The number of hydrogen-bond donors (Lipinski definition) is 0. The maximum Gasteiger partial charge on any atom is 0.254 e. The standard InChI is InChI=1S/C17H18ClNO/c1-13(15-6-4-3-5-7-15)19(2)17(20)16-10-8-14(12-18)9-11-16/h3-11,13H,12H2,1-2H3. The van der Waals surface area contributed by atoms with E-state index in [1.807, 2.05) is 68.6 Å². The quantitative estimate of drug-likeness (QED) is 0.770. The topological polar surface area (TPSA) is 20.3 Å². The summed E-state index contributed by atoms with van der Waals surface area (Å²) >= 11 is 5.76. The van der Waals surface area contributed by atoms with Crippen LogP contribution in [0.25, 0.3) is 0 Å². The lowest BCUT2D eigenvalue weighted by molar-refractivity contribution is 0.0742. The second-order valence-corrected chi connectivity index (χ2v) is 5.10. The van der Waals surface area contributed by atoms with Crippen LogP contribution in [-0.2, 0) is 5.88 Å². The highest BCUT2D eigenvalue weighted by Crippen LogP contribution is 2.20. The largest absolute Gasteiger partial charge is 0.335 e. The smallest absolute Gasteiger partial charge is 0.254 e. The van der Waals surface area contributed by atoms with Gasteiger partial charge in [-0.05, 0) is 30.2 Å². The van der Waals surface area contributed by atoms with Gasteiger partial charge in [0, 0.05) is 18.5 Å². The van der Waals surface area contributed by atoms with Crippen LogP contribution in [0.3, 0.4) is 0 Å². The first-order valence-electron chi connectivity index (χ1n) is 6.60. The van der Waals surface area contributed by atoms with Gasteiger partial charge in [0.05, 0.1) is 6.04 Å². The minimum atomic E-state index is 0.0162. The van der Waals surface area contributed by atoms with Crippen LogP contribution < -0.4 is 0 Å². The van der Waals surface area contributed by atoms with Gasteiger partial charge >= 0.3 is 0 Å². The number of carbonyl (C=O) groups excluding carboxylic acids is 1. The first kappa shape index (κ1) is 14.6. The van der Waals surface area contributed by atoms with Gasteiger partial charge in [-0.15, -0.1) is 11.6 Å². The molecule has 0 fully saturated rings. The van der Waals surface area contributed by atoms with E-state index < -0.39 is 0 Å². The van der Waals surface area contributed by atoms with E-state index in [1.165, 1.54) is 0 Å². The molecule has 104 valence electrons. The van der Waals surface area contributed by atoms with Crippen molar-refractivity contribution in [2.75, 3.05) is 7.05 Å². The minimum Gasteiger partial charge on any atom is -0.335 e. The van der Waals surface area contributed by atoms with Crippen LogP contribution in [0, 0.1) is 0 Å². The van der Waals surface area contributed by atoms with Crippen LogP contribution in [0.15, 0.2) is 54.6 Å². The average molecular weight is 288 g/mol. The summed E-state index contributed by atoms with van der Waals surface area (Å²) in [6, 6.07) is 17.5. The van der Waals surface area contributed by atoms with Crippen LogP contribution in [0.2, 0.25) is 0 Å². The van der Waals surface area contributed by atoms with Gasteiger partial charge in [-0.3, -0.25) is 4.79 Å². The summed E-state index contributed by atoms with van der Waals surface area (Å²) in [5.74, 6) is 0.479. The molecule has 0 aromatic heterocycles. The number of hydrogen-bond acceptors (Lipinski definition) is 1. The lowest BCUT2D eigenvalue weighted by atomic mass is 10.1. The Hall–Kier alpha value is -1.80. The van der Waals surface area contributed by atoms with Crippen LogP contribution in [0.5, 0.6) is 0 Å². The zero-order valence-corrected chi connectivity index (χ0v) is 12.5. The number of alkyl halides is 1. The Labute approximate surface area is 125 Å². The van der Waals surface area contributed by atoms with Crippen molar-refractivity contribution in [3.63, 3.8) is 0 Å². The summed E-state index contributed by atoms with van der Waals surface area (Å²) in [5, 5.41) is 0. The molecule has 1 unspecified atom stereocenters. The highest BCUT2D eigenvalue weighted by molar-refractivity contribution is 6.17. The summed E-state index contributed by atoms with van der Waals surface area (Å²) in [6.07, 6.45) is 0. The van der Waals surface area contributed by atoms with Gasteiger partial charge in [0.2, 0.25) is 0 Å². The molecule has 0 spiro atoms. The summed E-state index contributed by atoms with van der Waals surface area (Å²) < 4.78 is 0. The summed E-state index contributed by atoms with van der Waals surface area (Å²) in [5.41, 5.74) is 2.83. The zero-order chi connectivity index (χ0) is 14.5. The third-order valence-electron chi connectivity index (χ3n) is 3.54.